The number of hydrogen-bond acceptors (Lipinski definition) is 3. The van der Waals surface area contributed by atoms with Crippen molar-refractivity contribution < 1.29 is 13.5 Å². The van der Waals surface area contributed by atoms with Crippen LogP contribution in [0.5, 0.6) is 0 Å². The Morgan fingerprint density at radius 1 is 1.29 bits per heavy atom. The van der Waals surface area contributed by atoms with Gasteiger partial charge in [0.25, 0.3) is 0 Å². The Balaban J connectivity index is 3.31. The molecule has 0 saturated carbocycles. The number of benzene rings is 1. The lowest BCUT2D eigenvalue weighted by Crippen LogP contribution is -2.30. The highest BCUT2D eigenvalue weighted by Crippen LogP contribution is 2.32. The third-order valence-electron chi connectivity index (χ3n) is 2.60. The molecule has 0 aliphatic heterocycles. The van der Waals surface area contributed by atoms with Crippen molar-refractivity contribution in [2.24, 2.45) is 5.92 Å². The zero-order chi connectivity index (χ0) is 16.2. The lowest BCUT2D eigenvalue weighted by Gasteiger charge is -2.20. The molecule has 0 spiro atoms. The fraction of sp³-hybridized carbons (Fsp3) is 0.429. The van der Waals surface area contributed by atoms with Crippen molar-refractivity contribution in [2.75, 3.05) is 20.2 Å². The first-order valence-electron chi connectivity index (χ1n) is 6.25. The molecule has 0 aliphatic rings. The predicted molar refractivity (Wildman–Crippen MR) is 85.1 cm³/mol. The number of halogens is 2. The first-order chi connectivity index (χ1) is 9.70. The van der Waals surface area contributed by atoms with Crippen LogP contribution < -0.4 is 0 Å². The van der Waals surface area contributed by atoms with Crippen LogP contribution >= 0.6 is 23.2 Å². The lowest BCUT2D eigenvalue weighted by molar-refractivity contribution is 0.350. The maximum Gasteiger partial charge on any atom is 0.245 e. The Bertz CT molecular complexity index is 652. The summed E-state index contributed by atoms with van der Waals surface area (Å²) in [5.41, 5.74) is 0.449. The van der Waals surface area contributed by atoms with Crippen LogP contribution in [-0.2, 0) is 10.0 Å². The van der Waals surface area contributed by atoms with Crippen molar-refractivity contribution in [3.05, 3.63) is 27.7 Å². The van der Waals surface area contributed by atoms with Crippen molar-refractivity contribution >= 4 is 33.2 Å². The van der Waals surface area contributed by atoms with E-state index in [1.165, 1.54) is 23.5 Å². The van der Waals surface area contributed by atoms with Crippen LogP contribution in [0.15, 0.2) is 17.0 Å². The van der Waals surface area contributed by atoms with Crippen molar-refractivity contribution in [1.29, 1.82) is 0 Å². The van der Waals surface area contributed by atoms with E-state index < -0.39 is 10.0 Å². The molecule has 0 aliphatic carbocycles. The first kappa shape index (κ1) is 18.3. The van der Waals surface area contributed by atoms with E-state index >= 15 is 0 Å². The summed E-state index contributed by atoms with van der Waals surface area (Å²) in [4.78, 5) is -0.122. The van der Waals surface area contributed by atoms with E-state index in [0.717, 1.165) is 0 Å². The van der Waals surface area contributed by atoms with Crippen LogP contribution in [0, 0.1) is 17.8 Å². The first-order valence-corrected chi connectivity index (χ1v) is 8.44. The normalized spacial score (nSPS) is 11.6. The molecule has 4 nitrogen and oxygen atoms in total. The third-order valence-corrected chi connectivity index (χ3v) is 5.35. The zero-order valence-electron chi connectivity index (χ0n) is 12.0. The summed E-state index contributed by atoms with van der Waals surface area (Å²) in [5, 5.41) is 8.69. The van der Waals surface area contributed by atoms with Crippen LogP contribution in [0.25, 0.3) is 0 Å². The molecule has 1 N–H and O–H groups in total. The molecule has 0 fully saturated rings. The largest absolute Gasteiger partial charge is 0.384 e. The summed E-state index contributed by atoms with van der Waals surface area (Å²) < 4.78 is 26.3. The predicted octanol–water partition coefficient (Wildman–Crippen LogP) is 2.61. The standard InChI is InChI=1S/C14H17Cl2NO3S/c1-10(2)9-17(3)21(19,20)14-12(15)7-11(5-4-6-18)8-13(14)16/h7-8,10,18H,6,9H2,1-3H3. The SMILES string of the molecule is CC(C)CN(C)S(=O)(=O)c1c(Cl)cc(C#CCO)cc1Cl. The molecule has 1 aromatic carbocycles. The summed E-state index contributed by atoms with van der Waals surface area (Å²) in [7, 11) is -2.27. The highest BCUT2D eigenvalue weighted by Gasteiger charge is 2.27. The maximum absolute atomic E-state index is 12.5. The molecule has 7 heteroatoms. The molecule has 0 heterocycles. The molecular formula is C14H17Cl2NO3S. The van der Waals surface area contributed by atoms with Gasteiger partial charge in [-0.2, -0.15) is 0 Å². The Morgan fingerprint density at radius 3 is 2.24 bits per heavy atom. The Labute approximate surface area is 135 Å². The van der Waals surface area contributed by atoms with Crippen molar-refractivity contribution in [1.82, 2.24) is 4.31 Å². The van der Waals surface area contributed by atoms with Gasteiger partial charge in [0.05, 0.1) is 10.0 Å². The Kier molecular flexibility index (Phi) is 6.51. The molecule has 1 rings (SSSR count). The maximum atomic E-state index is 12.5. The monoisotopic (exact) mass is 349 g/mol. The second kappa shape index (κ2) is 7.48. The van der Waals surface area contributed by atoms with Gasteiger partial charge in [0, 0.05) is 19.2 Å². The van der Waals surface area contributed by atoms with Crippen LogP contribution in [0.1, 0.15) is 19.4 Å². The second-order valence-corrected chi connectivity index (χ2v) is 7.70. The van der Waals surface area contributed by atoms with E-state index in [1.807, 2.05) is 13.8 Å². The van der Waals surface area contributed by atoms with Gasteiger partial charge in [-0.15, -0.1) is 0 Å². The minimum atomic E-state index is -3.76. The number of aliphatic hydroxyl groups excluding tert-OH is 1. The van der Waals surface area contributed by atoms with Gasteiger partial charge in [-0.1, -0.05) is 48.9 Å². The zero-order valence-corrected chi connectivity index (χ0v) is 14.3. The van der Waals surface area contributed by atoms with Gasteiger partial charge in [0.15, 0.2) is 0 Å². The molecule has 1 aromatic rings. The molecule has 0 atom stereocenters. The van der Waals surface area contributed by atoms with Crippen molar-refractivity contribution in [2.45, 2.75) is 18.7 Å². The fourth-order valence-corrected chi connectivity index (χ4v) is 4.28. The molecule has 21 heavy (non-hydrogen) atoms. The quantitative estimate of drug-likeness (QED) is 0.850. The van der Waals surface area contributed by atoms with E-state index in [2.05, 4.69) is 11.8 Å². The van der Waals surface area contributed by atoms with Gasteiger partial charge in [-0.3, -0.25) is 0 Å². The molecule has 116 valence electrons. The molecule has 0 aromatic heterocycles. The number of hydrogen-bond donors (Lipinski definition) is 1. The van der Waals surface area contributed by atoms with Crippen molar-refractivity contribution in [3.63, 3.8) is 0 Å². The minimum Gasteiger partial charge on any atom is -0.384 e. The molecule has 0 radical (unpaired) electrons. The molecule has 0 bridgehead atoms. The lowest BCUT2D eigenvalue weighted by atomic mass is 10.2. The van der Waals surface area contributed by atoms with Gasteiger partial charge in [-0.25, -0.2) is 12.7 Å². The van der Waals surface area contributed by atoms with Gasteiger partial charge < -0.3 is 5.11 Å². The summed E-state index contributed by atoms with van der Waals surface area (Å²) in [6.07, 6.45) is 0. The third kappa shape index (κ3) is 4.60. The summed E-state index contributed by atoms with van der Waals surface area (Å²) in [6, 6.07) is 2.85. The van der Waals surface area contributed by atoms with E-state index in [0.29, 0.717) is 12.1 Å². The van der Waals surface area contributed by atoms with E-state index in [4.69, 9.17) is 28.3 Å². The van der Waals surface area contributed by atoms with E-state index in [-0.39, 0.29) is 27.5 Å². The topological polar surface area (TPSA) is 57.6 Å². The van der Waals surface area contributed by atoms with Crippen LogP contribution in [0.3, 0.4) is 0 Å². The van der Waals surface area contributed by atoms with Gasteiger partial charge in [0.1, 0.15) is 11.5 Å². The fourth-order valence-electron chi connectivity index (χ4n) is 1.79. The minimum absolute atomic E-state index is 0.0142. The molecular weight excluding hydrogens is 333 g/mol. The van der Waals surface area contributed by atoms with Gasteiger partial charge in [0.2, 0.25) is 10.0 Å². The summed E-state index contributed by atoms with van der Waals surface area (Å²) in [6.45, 7) is 3.90. The average Bonchev–Trinajstić information content (AvgIpc) is 2.34. The van der Waals surface area contributed by atoms with Crippen molar-refractivity contribution in [3.8, 4) is 11.8 Å². The number of aliphatic hydroxyl groups is 1. The highest BCUT2D eigenvalue weighted by atomic mass is 35.5. The Morgan fingerprint density at radius 2 is 1.81 bits per heavy atom. The van der Waals surface area contributed by atoms with E-state index in [1.54, 1.807) is 0 Å². The van der Waals surface area contributed by atoms with Gasteiger partial charge in [-0.05, 0) is 18.1 Å². The molecule has 0 amide bonds. The number of nitrogens with zero attached hydrogens (tertiary/aromatic N) is 1. The number of rotatable bonds is 4. The average molecular weight is 350 g/mol. The Hall–Kier alpha value is -0.770. The van der Waals surface area contributed by atoms with Crippen LogP contribution in [0.2, 0.25) is 10.0 Å². The summed E-state index contributed by atoms with van der Waals surface area (Å²) in [5.74, 6) is 5.27. The van der Waals surface area contributed by atoms with Crippen LogP contribution in [-0.4, -0.2) is 38.0 Å². The highest BCUT2D eigenvalue weighted by molar-refractivity contribution is 7.89. The number of sulfonamides is 1. The second-order valence-electron chi connectivity index (χ2n) is 4.91. The smallest absolute Gasteiger partial charge is 0.245 e. The van der Waals surface area contributed by atoms with E-state index in [9.17, 15) is 8.42 Å². The molecule has 0 unspecified atom stereocenters. The molecule has 0 saturated heterocycles. The van der Waals surface area contributed by atoms with Crippen LogP contribution in [0.4, 0.5) is 0 Å². The van der Waals surface area contributed by atoms with Gasteiger partial charge >= 0.3 is 0 Å². The summed E-state index contributed by atoms with van der Waals surface area (Å²) >= 11 is 12.1.